The summed E-state index contributed by atoms with van der Waals surface area (Å²) in [5.74, 6) is 0.343. The normalized spacial score (nSPS) is 17.9. The summed E-state index contributed by atoms with van der Waals surface area (Å²) in [6.45, 7) is 10.3. The number of nitrogens with one attached hydrogen (secondary N) is 1. The van der Waals surface area contributed by atoms with Gasteiger partial charge in [0.25, 0.3) is 0 Å². The first-order valence-corrected chi connectivity index (χ1v) is 13.6. The van der Waals surface area contributed by atoms with Crippen molar-refractivity contribution in [2.75, 3.05) is 11.9 Å². The Balaban J connectivity index is 1.37. The largest absolute Gasteiger partial charge is 0.471 e. The maximum absolute atomic E-state index is 12.5. The van der Waals surface area contributed by atoms with Crippen molar-refractivity contribution in [3.05, 3.63) is 90.3 Å². The van der Waals surface area contributed by atoms with Crippen LogP contribution in [-0.4, -0.2) is 42.9 Å². The fraction of sp³-hybridized carbons (Fsp3) is 0.355. The van der Waals surface area contributed by atoms with Crippen molar-refractivity contribution < 1.29 is 24.1 Å². The zero-order valence-corrected chi connectivity index (χ0v) is 23.5. The van der Waals surface area contributed by atoms with E-state index in [0.29, 0.717) is 23.3 Å². The Morgan fingerprint density at radius 1 is 1.10 bits per heavy atom. The maximum atomic E-state index is 12.5. The number of anilines is 1. The van der Waals surface area contributed by atoms with Gasteiger partial charge in [-0.3, -0.25) is 5.32 Å². The SMILES string of the molecule is C=C1C(COC(O)c2ccccc2)CCC1n1cnc2c(OCc3ccccc3)nc(NC(=O)OC(C)(C)C)nc21. The van der Waals surface area contributed by atoms with Gasteiger partial charge >= 0.3 is 6.09 Å². The third-order valence-corrected chi connectivity index (χ3v) is 6.84. The average molecular weight is 558 g/mol. The molecular formula is C31H35N5O5. The van der Waals surface area contributed by atoms with Crippen LogP contribution in [0.3, 0.4) is 0 Å². The van der Waals surface area contributed by atoms with Crippen molar-refractivity contribution >= 4 is 23.2 Å². The number of imidazole rings is 1. The van der Waals surface area contributed by atoms with E-state index < -0.39 is 18.0 Å². The number of hydrogen-bond donors (Lipinski definition) is 2. The molecule has 1 saturated carbocycles. The van der Waals surface area contributed by atoms with Gasteiger partial charge in [-0.15, -0.1) is 0 Å². The van der Waals surface area contributed by atoms with Crippen molar-refractivity contribution in [1.82, 2.24) is 19.5 Å². The van der Waals surface area contributed by atoms with Crippen LogP contribution in [0.2, 0.25) is 0 Å². The average Bonchev–Trinajstić information content (AvgIpc) is 3.53. The minimum atomic E-state index is -1.00. The van der Waals surface area contributed by atoms with E-state index in [0.717, 1.165) is 24.0 Å². The first-order valence-electron chi connectivity index (χ1n) is 13.6. The molecule has 1 aliphatic rings. The van der Waals surface area contributed by atoms with Crippen LogP contribution in [-0.2, 0) is 16.1 Å². The number of fused-ring (bicyclic) bond motifs is 1. The van der Waals surface area contributed by atoms with E-state index in [9.17, 15) is 9.90 Å². The van der Waals surface area contributed by atoms with Crippen LogP contribution in [0, 0.1) is 5.92 Å². The highest BCUT2D eigenvalue weighted by Gasteiger charge is 2.33. The molecule has 1 amide bonds. The molecule has 4 aromatic rings. The summed E-state index contributed by atoms with van der Waals surface area (Å²) < 4.78 is 19.2. The minimum Gasteiger partial charge on any atom is -0.471 e. The summed E-state index contributed by atoms with van der Waals surface area (Å²) in [7, 11) is 0. The lowest BCUT2D eigenvalue weighted by molar-refractivity contribution is -0.110. The highest BCUT2D eigenvalue weighted by Crippen LogP contribution is 2.41. The number of ether oxygens (including phenoxy) is 3. The lowest BCUT2D eigenvalue weighted by atomic mass is 10.0. The highest BCUT2D eigenvalue weighted by molar-refractivity contribution is 5.85. The van der Waals surface area contributed by atoms with E-state index in [-0.39, 0.29) is 30.4 Å². The molecule has 3 atom stereocenters. The summed E-state index contributed by atoms with van der Waals surface area (Å²) in [5.41, 5.74) is 2.92. The standard InChI is InChI=1S/C31H35N5O5/c1-20-23(18-40-28(37)22-13-9-6-10-14-22)15-16-24(20)36-19-32-25-26(36)33-29(35-30(38)41-31(2,3)4)34-27(25)39-17-21-11-7-5-8-12-21/h5-14,19,23-24,28,37H,1,15-18H2,2-4H3,(H,33,34,35,38). The number of nitrogens with zero attached hydrogens (tertiary/aromatic N) is 4. The van der Waals surface area contributed by atoms with Crippen LogP contribution in [0.25, 0.3) is 11.2 Å². The Kier molecular flexibility index (Phi) is 8.32. The van der Waals surface area contributed by atoms with Gasteiger partial charge in [0, 0.05) is 11.5 Å². The van der Waals surface area contributed by atoms with Gasteiger partial charge < -0.3 is 23.9 Å². The predicted octanol–water partition coefficient (Wildman–Crippen LogP) is 5.97. The molecule has 41 heavy (non-hydrogen) atoms. The number of benzene rings is 2. The number of aliphatic hydroxyl groups excluding tert-OH is 1. The van der Waals surface area contributed by atoms with E-state index in [4.69, 9.17) is 14.2 Å². The molecule has 10 heteroatoms. The van der Waals surface area contributed by atoms with Crippen molar-refractivity contribution in [1.29, 1.82) is 0 Å². The van der Waals surface area contributed by atoms with Gasteiger partial charge in [-0.25, -0.2) is 9.78 Å². The van der Waals surface area contributed by atoms with Gasteiger partial charge in [0.2, 0.25) is 11.8 Å². The molecule has 2 heterocycles. The topological polar surface area (TPSA) is 121 Å². The number of hydrogen-bond acceptors (Lipinski definition) is 8. The molecule has 0 saturated heterocycles. The second-order valence-electron chi connectivity index (χ2n) is 11.0. The molecule has 1 fully saturated rings. The van der Waals surface area contributed by atoms with Crippen LogP contribution in [0.5, 0.6) is 5.88 Å². The molecule has 0 spiro atoms. The summed E-state index contributed by atoms with van der Waals surface area (Å²) in [6.07, 6.45) is 1.64. The van der Waals surface area contributed by atoms with Crippen LogP contribution in [0.15, 0.2) is 79.1 Å². The summed E-state index contributed by atoms with van der Waals surface area (Å²) >= 11 is 0. The van der Waals surface area contributed by atoms with Crippen LogP contribution in [0.4, 0.5) is 10.7 Å². The molecule has 10 nitrogen and oxygen atoms in total. The van der Waals surface area contributed by atoms with Crippen molar-refractivity contribution in [2.24, 2.45) is 5.92 Å². The number of carbonyl (C=O) groups excluding carboxylic acids is 1. The molecule has 214 valence electrons. The zero-order valence-electron chi connectivity index (χ0n) is 23.5. The highest BCUT2D eigenvalue weighted by atomic mass is 16.6. The molecule has 0 aliphatic heterocycles. The quantitative estimate of drug-likeness (QED) is 0.191. The smallest absolute Gasteiger partial charge is 0.414 e. The van der Waals surface area contributed by atoms with Crippen LogP contribution < -0.4 is 10.1 Å². The van der Waals surface area contributed by atoms with Gasteiger partial charge in [-0.05, 0) is 44.7 Å². The van der Waals surface area contributed by atoms with Crippen molar-refractivity contribution in [3.8, 4) is 5.88 Å². The summed E-state index contributed by atoms with van der Waals surface area (Å²) in [4.78, 5) is 26.2. The van der Waals surface area contributed by atoms with Crippen LogP contribution >= 0.6 is 0 Å². The first kappa shape index (κ1) is 28.3. The Bertz CT molecular complexity index is 1500. The third-order valence-electron chi connectivity index (χ3n) is 6.84. The van der Waals surface area contributed by atoms with E-state index in [1.54, 1.807) is 27.1 Å². The number of rotatable bonds is 9. The summed E-state index contributed by atoms with van der Waals surface area (Å²) in [5, 5.41) is 13.1. The fourth-order valence-corrected chi connectivity index (χ4v) is 4.83. The molecule has 2 N–H and O–H groups in total. The predicted molar refractivity (Wildman–Crippen MR) is 154 cm³/mol. The number of aliphatic hydroxyl groups is 1. The second-order valence-corrected chi connectivity index (χ2v) is 11.0. The van der Waals surface area contributed by atoms with E-state index in [1.165, 1.54) is 0 Å². The Hall–Kier alpha value is -4.28. The molecule has 3 unspecified atom stereocenters. The zero-order chi connectivity index (χ0) is 29.0. The Morgan fingerprint density at radius 2 is 1.80 bits per heavy atom. The van der Waals surface area contributed by atoms with Gasteiger partial charge in [-0.2, -0.15) is 9.97 Å². The first-order chi connectivity index (χ1) is 19.7. The number of amides is 1. The fourth-order valence-electron chi connectivity index (χ4n) is 4.83. The van der Waals surface area contributed by atoms with E-state index in [1.807, 2.05) is 65.2 Å². The Labute approximate surface area is 239 Å². The van der Waals surface area contributed by atoms with Crippen LogP contribution in [0.1, 0.15) is 57.1 Å². The maximum Gasteiger partial charge on any atom is 0.414 e. The molecule has 2 aromatic carbocycles. The molecule has 5 rings (SSSR count). The molecule has 2 aromatic heterocycles. The molecule has 0 radical (unpaired) electrons. The van der Waals surface area contributed by atoms with Crippen molar-refractivity contribution in [2.45, 2.75) is 58.2 Å². The van der Waals surface area contributed by atoms with E-state index >= 15 is 0 Å². The van der Waals surface area contributed by atoms with Gasteiger partial charge in [0.05, 0.1) is 19.0 Å². The molecule has 0 bridgehead atoms. The van der Waals surface area contributed by atoms with E-state index in [2.05, 4.69) is 26.8 Å². The second kappa shape index (κ2) is 12.1. The lowest BCUT2D eigenvalue weighted by Gasteiger charge is -2.20. The number of aromatic nitrogens is 4. The third kappa shape index (κ3) is 6.90. The lowest BCUT2D eigenvalue weighted by Crippen LogP contribution is -2.28. The molecular weight excluding hydrogens is 522 g/mol. The van der Waals surface area contributed by atoms with Gasteiger partial charge in [0.1, 0.15) is 12.2 Å². The monoisotopic (exact) mass is 557 g/mol. The Morgan fingerprint density at radius 3 is 2.51 bits per heavy atom. The van der Waals surface area contributed by atoms with Gasteiger partial charge in [-0.1, -0.05) is 67.2 Å². The minimum absolute atomic E-state index is 0.0470. The van der Waals surface area contributed by atoms with Gasteiger partial charge in [0.15, 0.2) is 17.5 Å². The molecule has 1 aliphatic carbocycles. The van der Waals surface area contributed by atoms with Crippen molar-refractivity contribution in [3.63, 3.8) is 0 Å². The number of carbonyl (C=O) groups is 1. The summed E-state index contributed by atoms with van der Waals surface area (Å²) in [6, 6.07) is 18.9.